The predicted octanol–water partition coefficient (Wildman–Crippen LogP) is 3.15. The fraction of sp³-hybridized carbons (Fsp3) is 0.474. The lowest BCUT2D eigenvalue weighted by molar-refractivity contribution is 0.135. The molecule has 1 N–H and O–H groups in total. The summed E-state index contributed by atoms with van der Waals surface area (Å²) in [6, 6.07) is 5.89. The zero-order chi connectivity index (χ0) is 18.5. The first-order valence-electron chi connectivity index (χ1n) is 8.95. The lowest BCUT2D eigenvalue weighted by Gasteiger charge is -2.21. The van der Waals surface area contributed by atoms with E-state index >= 15 is 0 Å². The molecule has 0 unspecified atom stereocenters. The lowest BCUT2D eigenvalue weighted by Crippen LogP contribution is -2.27. The van der Waals surface area contributed by atoms with Crippen molar-refractivity contribution in [2.45, 2.75) is 40.4 Å². The summed E-state index contributed by atoms with van der Waals surface area (Å²) in [4.78, 5) is 2.33. The number of aromatic amines is 1. The molecule has 0 aliphatic heterocycles. The second-order valence-corrected chi connectivity index (χ2v) is 6.40. The molecule has 0 aliphatic carbocycles. The molecule has 7 heteroatoms. The van der Waals surface area contributed by atoms with Gasteiger partial charge in [-0.15, -0.1) is 0 Å². The quantitative estimate of drug-likeness (QED) is 0.637. The van der Waals surface area contributed by atoms with Crippen molar-refractivity contribution in [3.8, 4) is 11.5 Å². The standard InChI is InChI=1S/C19H27N5O2/c1-5-24-15(3)17(14(2)22-24)13-23(10-11-25-4)12-16-6-7-19(26-16)18-8-9-20-21-18/h6-9H,5,10-13H2,1-4H3,(H,20,21). The third-order valence-electron chi connectivity index (χ3n) is 4.63. The van der Waals surface area contributed by atoms with Gasteiger partial charge in [0.1, 0.15) is 11.5 Å². The molecule has 0 atom stereocenters. The summed E-state index contributed by atoms with van der Waals surface area (Å²) in [5, 5.41) is 11.5. The number of hydrogen-bond acceptors (Lipinski definition) is 5. The highest BCUT2D eigenvalue weighted by molar-refractivity contribution is 5.51. The van der Waals surface area contributed by atoms with E-state index in [1.807, 2.05) is 18.2 Å². The van der Waals surface area contributed by atoms with Crippen LogP contribution in [-0.2, 0) is 24.4 Å². The van der Waals surface area contributed by atoms with Crippen LogP contribution in [0.5, 0.6) is 0 Å². The molecule has 3 aromatic heterocycles. The fourth-order valence-corrected chi connectivity index (χ4v) is 3.15. The molecule has 0 saturated heterocycles. The summed E-state index contributed by atoms with van der Waals surface area (Å²) in [5.74, 6) is 1.72. The number of nitrogens with one attached hydrogen (secondary N) is 1. The first kappa shape index (κ1) is 18.4. The van der Waals surface area contributed by atoms with Gasteiger partial charge >= 0.3 is 0 Å². The van der Waals surface area contributed by atoms with Gasteiger partial charge in [0.05, 0.1) is 18.8 Å². The molecular formula is C19H27N5O2. The molecule has 0 radical (unpaired) electrons. The van der Waals surface area contributed by atoms with Crippen LogP contribution >= 0.6 is 0 Å². The van der Waals surface area contributed by atoms with Crippen molar-refractivity contribution in [3.63, 3.8) is 0 Å². The van der Waals surface area contributed by atoms with Gasteiger partial charge < -0.3 is 9.15 Å². The Hall–Kier alpha value is -2.38. The van der Waals surface area contributed by atoms with E-state index in [4.69, 9.17) is 9.15 Å². The normalized spacial score (nSPS) is 11.6. The summed E-state index contributed by atoms with van der Waals surface area (Å²) in [6.45, 7) is 10.3. The topological polar surface area (TPSA) is 72.1 Å². The van der Waals surface area contributed by atoms with Crippen LogP contribution in [0.3, 0.4) is 0 Å². The average Bonchev–Trinajstić information content (AvgIpc) is 3.36. The number of furan rings is 1. The van der Waals surface area contributed by atoms with Crippen LogP contribution in [0.25, 0.3) is 11.5 Å². The van der Waals surface area contributed by atoms with E-state index in [2.05, 4.69) is 45.6 Å². The first-order valence-corrected chi connectivity index (χ1v) is 8.95. The molecule has 0 amide bonds. The maximum absolute atomic E-state index is 5.99. The van der Waals surface area contributed by atoms with Gasteiger partial charge in [-0.1, -0.05) is 0 Å². The van der Waals surface area contributed by atoms with Gasteiger partial charge in [-0.05, 0) is 39.0 Å². The fourth-order valence-electron chi connectivity index (χ4n) is 3.15. The molecule has 0 fully saturated rings. The third-order valence-corrected chi connectivity index (χ3v) is 4.63. The van der Waals surface area contributed by atoms with Crippen molar-refractivity contribution in [1.29, 1.82) is 0 Å². The van der Waals surface area contributed by atoms with Gasteiger partial charge in [0.15, 0.2) is 5.76 Å². The zero-order valence-electron chi connectivity index (χ0n) is 16.0. The summed E-state index contributed by atoms with van der Waals surface area (Å²) in [5.41, 5.74) is 4.48. The van der Waals surface area contributed by atoms with Crippen molar-refractivity contribution >= 4 is 0 Å². The lowest BCUT2D eigenvalue weighted by atomic mass is 10.2. The minimum absolute atomic E-state index is 0.675. The summed E-state index contributed by atoms with van der Waals surface area (Å²) >= 11 is 0. The van der Waals surface area contributed by atoms with E-state index in [-0.39, 0.29) is 0 Å². The SMILES string of the molecule is CCn1nc(C)c(CN(CCOC)Cc2ccc(-c3ccn[nH]3)o2)c1C. The maximum atomic E-state index is 5.99. The molecule has 140 valence electrons. The molecule has 3 rings (SSSR count). The monoisotopic (exact) mass is 357 g/mol. The van der Waals surface area contributed by atoms with Gasteiger partial charge in [0.2, 0.25) is 0 Å². The largest absolute Gasteiger partial charge is 0.458 e. The van der Waals surface area contributed by atoms with Crippen molar-refractivity contribution in [2.75, 3.05) is 20.3 Å². The Balaban J connectivity index is 1.75. The Labute approximate surface area is 154 Å². The smallest absolute Gasteiger partial charge is 0.152 e. The molecule has 0 bridgehead atoms. The molecule has 3 heterocycles. The van der Waals surface area contributed by atoms with E-state index in [1.54, 1.807) is 13.3 Å². The van der Waals surface area contributed by atoms with Crippen molar-refractivity contribution in [1.82, 2.24) is 24.9 Å². The predicted molar refractivity (Wildman–Crippen MR) is 99.7 cm³/mol. The number of ether oxygens (including phenoxy) is 1. The molecule has 26 heavy (non-hydrogen) atoms. The molecule has 3 aromatic rings. The minimum atomic E-state index is 0.675. The third kappa shape index (κ3) is 4.05. The molecule has 0 saturated carbocycles. The van der Waals surface area contributed by atoms with E-state index in [0.717, 1.165) is 42.5 Å². The molecule has 7 nitrogen and oxygen atoms in total. The van der Waals surface area contributed by atoms with Gasteiger partial charge in [-0.25, -0.2) is 0 Å². The highest BCUT2D eigenvalue weighted by Crippen LogP contribution is 2.22. The summed E-state index contributed by atoms with van der Waals surface area (Å²) in [7, 11) is 1.73. The van der Waals surface area contributed by atoms with E-state index < -0.39 is 0 Å². The first-order chi connectivity index (χ1) is 12.6. The maximum Gasteiger partial charge on any atom is 0.152 e. The second kappa shape index (κ2) is 8.33. The molecule has 0 aromatic carbocycles. The minimum Gasteiger partial charge on any atom is -0.458 e. The van der Waals surface area contributed by atoms with Crippen LogP contribution in [0, 0.1) is 13.8 Å². The number of aryl methyl sites for hydroxylation is 2. The van der Waals surface area contributed by atoms with Gasteiger partial charge in [-0.3, -0.25) is 14.7 Å². The Morgan fingerprint density at radius 3 is 2.73 bits per heavy atom. The summed E-state index contributed by atoms with van der Waals surface area (Å²) in [6.07, 6.45) is 1.72. The highest BCUT2D eigenvalue weighted by Gasteiger charge is 2.16. The van der Waals surface area contributed by atoms with Crippen LogP contribution in [-0.4, -0.2) is 45.1 Å². The Bertz CT molecular complexity index is 819. The Morgan fingerprint density at radius 2 is 2.08 bits per heavy atom. The van der Waals surface area contributed by atoms with E-state index in [1.165, 1.54) is 11.3 Å². The molecular weight excluding hydrogens is 330 g/mol. The number of aromatic nitrogens is 4. The van der Waals surface area contributed by atoms with Gasteiger partial charge in [0.25, 0.3) is 0 Å². The Morgan fingerprint density at radius 1 is 1.23 bits per heavy atom. The number of methoxy groups -OCH3 is 1. The number of nitrogens with zero attached hydrogens (tertiary/aromatic N) is 4. The van der Waals surface area contributed by atoms with Gasteiger partial charge in [-0.2, -0.15) is 10.2 Å². The zero-order valence-corrected chi connectivity index (χ0v) is 16.0. The Kier molecular flexibility index (Phi) is 5.90. The highest BCUT2D eigenvalue weighted by atomic mass is 16.5. The van der Waals surface area contributed by atoms with Gasteiger partial charge in [0, 0.05) is 44.2 Å². The summed E-state index contributed by atoms with van der Waals surface area (Å²) < 4.78 is 13.3. The average molecular weight is 357 g/mol. The van der Waals surface area contributed by atoms with Crippen molar-refractivity contribution in [3.05, 3.63) is 47.1 Å². The second-order valence-electron chi connectivity index (χ2n) is 6.40. The molecule has 0 spiro atoms. The number of H-pyrrole nitrogens is 1. The van der Waals surface area contributed by atoms with Crippen LogP contribution in [0.1, 0.15) is 29.6 Å². The van der Waals surface area contributed by atoms with Crippen LogP contribution in [0.15, 0.2) is 28.8 Å². The van der Waals surface area contributed by atoms with Crippen molar-refractivity contribution < 1.29 is 9.15 Å². The van der Waals surface area contributed by atoms with E-state index in [0.29, 0.717) is 13.2 Å². The van der Waals surface area contributed by atoms with E-state index in [9.17, 15) is 0 Å². The number of rotatable bonds is 9. The van der Waals surface area contributed by atoms with Crippen molar-refractivity contribution in [2.24, 2.45) is 0 Å². The number of hydrogen-bond donors (Lipinski definition) is 1. The van der Waals surface area contributed by atoms with Crippen LogP contribution in [0.2, 0.25) is 0 Å². The van der Waals surface area contributed by atoms with Crippen LogP contribution in [0.4, 0.5) is 0 Å². The van der Waals surface area contributed by atoms with Crippen LogP contribution < -0.4 is 0 Å². The molecule has 0 aliphatic rings.